The average Bonchev–Trinajstić information content (AvgIpc) is 2.74. The molecule has 2 aliphatic rings. The minimum atomic E-state index is -0.225. The van der Waals surface area contributed by atoms with Crippen molar-refractivity contribution in [2.45, 2.75) is 19.3 Å². The van der Waals surface area contributed by atoms with E-state index in [9.17, 15) is 9.59 Å². The topological polar surface area (TPSA) is 53.1 Å². The van der Waals surface area contributed by atoms with Crippen LogP contribution in [0.4, 0.5) is 4.79 Å². The Bertz CT molecular complexity index is 376. The molecule has 3 amide bonds. The largest absolute Gasteiger partial charge is 0.383 e. The molecule has 0 bridgehead atoms. The summed E-state index contributed by atoms with van der Waals surface area (Å²) in [5, 5.41) is 0. The van der Waals surface area contributed by atoms with E-state index >= 15 is 0 Å². The number of carbonyl (C=O) groups is 2. The Hall–Kier alpha value is -1.30. The van der Waals surface area contributed by atoms with E-state index in [1.54, 1.807) is 26.1 Å². The fourth-order valence-electron chi connectivity index (χ4n) is 3.18. The average molecular weight is 283 g/mol. The van der Waals surface area contributed by atoms with Gasteiger partial charge in [-0.1, -0.05) is 0 Å². The molecule has 2 heterocycles. The van der Waals surface area contributed by atoms with E-state index in [4.69, 9.17) is 4.74 Å². The van der Waals surface area contributed by atoms with Gasteiger partial charge in [-0.05, 0) is 19.3 Å². The lowest BCUT2D eigenvalue weighted by molar-refractivity contribution is -0.138. The summed E-state index contributed by atoms with van der Waals surface area (Å²) >= 11 is 0. The van der Waals surface area contributed by atoms with Crippen LogP contribution in [-0.2, 0) is 9.53 Å². The lowest BCUT2D eigenvalue weighted by Crippen LogP contribution is -2.49. The first kappa shape index (κ1) is 15.1. The molecule has 0 aromatic heterocycles. The number of amides is 3. The Balaban J connectivity index is 1.92. The van der Waals surface area contributed by atoms with Crippen LogP contribution in [0, 0.1) is 5.41 Å². The van der Waals surface area contributed by atoms with Gasteiger partial charge in [-0.15, -0.1) is 0 Å². The highest BCUT2D eigenvalue weighted by molar-refractivity contribution is 5.85. The summed E-state index contributed by atoms with van der Waals surface area (Å²) in [6.45, 7) is 3.45. The number of nitrogens with zero attached hydrogens (tertiary/aromatic N) is 3. The Morgan fingerprint density at radius 1 is 1.25 bits per heavy atom. The summed E-state index contributed by atoms with van der Waals surface area (Å²) < 4.78 is 5.05. The number of piperidine rings is 1. The Morgan fingerprint density at radius 2 is 1.85 bits per heavy atom. The number of hydrogen-bond donors (Lipinski definition) is 0. The van der Waals surface area contributed by atoms with E-state index in [0.717, 1.165) is 25.8 Å². The smallest absolute Gasteiger partial charge is 0.319 e. The molecule has 20 heavy (non-hydrogen) atoms. The first-order chi connectivity index (χ1) is 9.50. The van der Waals surface area contributed by atoms with Crippen molar-refractivity contribution in [2.24, 2.45) is 5.41 Å². The predicted molar refractivity (Wildman–Crippen MR) is 75.4 cm³/mol. The molecule has 2 saturated heterocycles. The lowest BCUT2D eigenvalue weighted by Gasteiger charge is -2.38. The molecule has 6 heteroatoms. The minimum Gasteiger partial charge on any atom is -0.383 e. The Labute approximate surface area is 120 Å². The Morgan fingerprint density at radius 3 is 2.40 bits per heavy atom. The summed E-state index contributed by atoms with van der Waals surface area (Å²) in [5.41, 5.74) is -0.225. The third-order valence-electron chi connectivity index (χ3n) is 4.54. The second-order valence-electron chi connectivity index (χ2n) is 5.98. The molecule has 0 N–H and O–H groups in total. The zero-order valence-corrected chi connectivity index (χ0v) is 12.7. The van der Waals surface area contributed by atoms with Gasteiger partial charge in [0.2, 0.25) is 5.91 Å². The highest BCUT2D eigenvalue weighted by Gasteiger charge is 2.48. The number of ether oxygens (including phenoxy) is 1. The van der Waals surface area contributed by atoms with E-state index in [1.807, 2.05) is 9.80 Å². The number of likely N-dealkylation sites (tertiary alicyclic amines) is 2. The molecular weight excluding hydrogens is 258 g/mol. The molecule has 0 aromatic rings. The minimum absolute atomic E-state index is 0.0431. The zero-order chi connectivity index (χ0) is 14.8. The van der Waals surface area contributed by atoms with Crippen molar-refractivity contribution in [3.63, 3.8) is 0 Å². The third-order valence-corrected chi connectivity index (χ3v) is 4.54. The third kappa shape index (κ3) is 2.75. The van der Waals surface area contributed by atoms with Gasteiger partial charge in [-0.2, -0.15) is 0 Å². The standard InChI is InChI=1S/C14H25N3O3/c1-15(2)13(19)17-8-5-14(6-9-17)4-7-16(12(14)18)10-11-20-3/h4-11H2,1-3H3. The fraction of sp³-hybridized carbons (Fsp3) is 0.857. The molecule has 1 spiro atoms. The predicted octanol–water partition coefficient (Wildman–Crippen LogP) is 0.629. The van der Waals surface area contributed by atoms with Gasteiger partial charge in [0.25, 0.3) is 0 Å². The van der Waals surface area contributed by atoms with Crippen molar-refractivity contribution < 1.29 is 14.3 Å². The van der Waals surface area contributed by atoms with E-state index in [1.165, 1.54) is 0 Å². The maximum atomic E-state index is 12.6. The van der Waals surface area contributed by atoms with Crippen molar-refractivity contribution in [3.05, 3.63) is 0 Å². The molecule has 0 aliphatic carbocycles. The van der Waals surface area contributed by atoms with Gasteiger partial charge in [0.05, 0.1) is 12.0 Å². The highest BCUT2D eigenvalue weighted by Crippen LogP contribution is 2.41. The number of carbonyl (C=O) groups excluding carboxylic acids is 2. The molecule has 6 nitrogen and oxygen atoms in total. The van der Waals surface area contributed by atoms with Gasteiger partial charge in [-0.25, -0.2) is 4.79 Å². The van der Waals surface area contributed by atoms with Crippen molar-refractivity contribution >= 4 is 11.9 Å². The maximum Gasteiger partial charge on any atom is 0.319 e. The van der Waals surface area contributed by atoms with Crippen LogP contribution >= 0.6 is 0 Å². The van der Waals surface area contributed by atoms with Crippen LogP contribution in [0.3, 0.4) is 0 Å². The molecule has 2 rings (SSSR count). The molecule has 0 atom stereocenters. The fourth-order valence-corrected chi connectivity index (χ4v) is 3.18. The van der Waals surface area contributed by atoms with Crippen molar-refractivity contribution in [2.75, 3.05) is 54.0 Å². The normalized spacial score (nSPS) is 21.6. The molecule has 0 radical (unpaired) electrons. The summed E-state index contributed by atoms with van der Waals surface area (Å²) in [7, 11) is 5.18. The summed E-state index contributed by atoms with van der Waals surface area (Å²) in [6.07, 6.45) is 2.49. The van der Waals surface area contributed by atoms with Gasteiger partial charge in [0.1, 0.15) is 0 Å². The van der Waals surface area contributed by atoms with Crippen molar-refractivity contribution in [1.82, 2.24) is 14.7 Å². The highest BCUT2D eigenvalue weighted by atomic mass is 16.5. The van der Waals surface area contributed by atoms with Crippen LogP contribution in [0.1, 0.15) is 19.3 Å². The van der Waals surface area contributed by atoms with Crippen LogP contribution < -0.4 is 0 Å². The monoisotopic (exact) mass is 283 g/mol. The van der Waals surface area contributed by atoms with Gasteiger partial charge >= 0.3 is 6.03 Å². The summed E-state index contributed by atoms with van der Waals surface area (Å²) in [5.74, 6) is 0.256. The van der Waals surface area contributed by atoms with Crippen LogP contribution in [0.5, 0.6) is 0 Å². The second kappa shape index (κ2) is 5.99. The van der Waals surface area contributed by atoms with E-state index in [2.05, 4.69) is 0 Å². The van der Waals surface area contributed by atoms with E-state index in [0.29, 0.717) is 26.2 Å². The van der Waals surface area contributed by atoms with Gasteiger partial charge in [0.15, 0.2) is 0 Å². The van der Waals surface area contributed by atoms with Gasteiger partial charge in [-0.3, -0.25) is 4.79 Å². The quantitative estimate of drug-likeness (QED) is 0.763. The zero-order valence-electron chi connectivity index (χ0n) is 12.7. The summed E-state index contributed by atoms with van der Waals surface area (Å²) in [6, 6.07) is 0.0431. The molecule has 0 saturated carbocycles. The Kier molecular flexibility index (Phi) is 4.52. The molecule has 0 unspecified atom stereocenters. The molecule has 114 valence electrons. The van der Waals surface area contributed by atoms with Crippen molar-refractivity contribution in [3.8, 4) is 0 Å². The number of hydrogen-bond acceptors (Lipinski definition) is 3. The second-order valence-corrected chi connectivity index (χ2v) is 5.98. The molecular formula is C14H25N3O3. The number of urea groups is 1. The SMILES string of the molecule is COCCN1CCC2(CCN(C(=O)N(C)C)CC2)C1=O. The summed E-state index contributed by atoms with van der Waals surface area (Å²) in [4.78, 5) is 29.8. The van der Waals surface area contributed by atoms with Crippen LogP contribution in [0.2, 0.25) is 0 Å². The van der Waals surface area contributed by atoms with Crippen LogP contribution in [0.25, 0.3) is 0 Å². The number of rotatable bonds is 3. The molecule has 0 aromatic carbocycles. The van der Waals surface area contributed by atoms with Crippen LogP contribution in [-0.4, -0.2) is 80.6 Å². The van der Waals surface area contributed by atoms with Gasteiger partial charge < -0.3 is 19.4 Å². The first-order valence-corrected chi connectivity index (χ1v) is 7.25. The van der Waals surface area contributed by atoms with Gasteiger partial charge in [0, 0.05) is 47.4 Å². The van der Waals surface area contributed by atoms with E-state index < -0.39 is 0 Å². The molecule has 2 aliphatic heterocycles. The van der Waals surface area contributed by atoms with E-state index in [-0.39, 0.29) is 17.4 Å². The lowest BCUT2D eigenvalue weighted by atomic mass is 9.77. The molecule has 2 fully saturated rings. The van der Waals surface area contributed by atoms with Crippen molar-refractivity contribution in [1.29, 1.82) is 0 Å². The maximum absolute atomic E-state index is 12.6. The van der Waals surface area contributed by atoms with Crippen LogP contribution in [0.15, 0.2) is 0 Å². The number of methoxy groups -OCH3 is 1. The first-order valence-electron chi connectivity index (χ1n) is 7.25.